The maximum atomic E-state index is 13.6. The topological polar surface area (TPSA) is 33.0 Å². The molecule has 2 rings (SSSR count). The third kappa shape index (κ3) is 1.14. The number of fused-ring (bicyclic) bond motifs is 1. The minimum Gasteiger partial charge on any atom is -0.496 e. The van der Waals surface area contributed by atoms with Crippen LogP contribution in [0.4, 0.5) is 4.39 Å². The van der Waals surface area contributed by atoms with Crippen LogP contribution < -0.4 is 4.74 Å². The molecule has 1 aromatic heterocycles. The van der Waals surface area contributed by atoms with Crippen molar-refractivity contribution < 1.29 is 9.13 Å². The number of ether oxygens (including phenoxy) is 1. The maximum absolute atomic E-state index is 13.6. The minimum absolute atomic E-state index is 0.0248. The number of nitriles is 1. The lowest BCUT2D eigenvalue weighted by Gasteiger charge is -2.03. The number of methoxy groups -OCH3 is 1. The van der Waals surface area contributed by atoms with Crippen LogP contribution in [0.3, 0.4) is 0 Å². The van der Waals surface area contributed by atoms with Gasteiger partial charge in [-0.05, 0) is 11.4 Å². The summed E-state index contributed by atoms with van der Waals surface area (Å²) in [5.74, 6) is 0.0810. The van der Waals surface area contributed by atoms with Crippen LogP contribution in [0.2, 0.25) is 0 Å². The Morgan fingerprint density at radius 2 is 2.36 bits per heavy atom. The average Bonchev–Trinajstić information content (AvgIpc) is 2.68. The van der Waals surface area contributed by atoms with E-state index in [1.807, 2.05) is 0 Å². The van der Waals surface area contributed by atoms with Gasteiger partial charge < -0.3 is 4.74 Å². The van der Waals surface area contributed by atoms with Gasteiger partial charge in [-0.25, -0.2) is 4.39 Å². The van der Waals surface area contributed by atoms with E-state index in [4.69, 9.17) is 10.00 Å². The molecule has 1 heterocycles. The Morgan fingerprint density at radius 1 is 1.57 bits per heavy atom. The monoisotopic (exact) mass is 207 g/mol. The summed E-state index contributed by atoms with van der Waals surface area (Å²) in [7, 11) is 1.51. The van der Waals surface area contributed by atoms with E-state index in [9.17, 15) is 4.39 Å². The van der Waals surface area contributed by atoms with Gasteiger partial charge in [0.05, 0.1) is 17.4 Å². The van der Waals surface area contributed by atoms with E-state index in [1.165, 1.54) is 24.5 Å². The van der Waals surface area contributed by atoms with Gasteiger partial charge in [0.25, 0.3) is 0 Å². The van der Waals surface area contributed by atoms with E-state index in [0.717, 1.165) is 0 Å². The first-order valence-corrected chi connectivity index (χ1v) is 4.79. The summed E-state index contributed by atoms with van der Waals surface area (Å²) in [5, 5.41) is 11.2. The van der Waals surface area contributed by atoms with Crippen LogP contribution >= 0.6 is 11.3 Å². The minimum atomic E-state index is -0.460. The number of thiophene rings is 1. The summed E-state index contributed by atoms with van der Waals surface area (Å²) < 4.78 is 19.1. The smallest absolute Gasteiger partial charge is 0.158 e. The number of benzene rings is 1. The predicted molar refractivity (Wildman–Crippen MR) is 53.1 cm³/mol. The Kier molecular flexibility index (Phi) is 2.10. The number of rotatable bonds is 1. The van der Waals surface area contributed by atoms with Gasteiger partial charge in [-0.1, -0.05) is 0 Å². The average molecular weight is 207 g/mol. The molecule has 0 aliphatic carbocycles. The molecule has 0 aliphatic heterocycles. The number of halogens is 1. The molecule has 0 fully saturated rings. The Balaban J connectivity index is 2.89. The van der Waals surface area contributed by atoms with Crippen molar-refractivity contribution in [1.29, 1.82) is 5.26 Å². The van der Waals surface area contributed by atoms with E-state index in [1.54, 1.807) is 17.5 Å². The van der Waals surface area contributed by atoms with Gasteiger partial charge in [-0.15, -0.1) is 11.3 Å². The molecule has 4 heteroatoms. The lowest BCUT2D eigenvalue weighted by atomic mass is 10.1. The largest absolute Gasteiger partial charge is 0.496 e. The van der Waals surface area contributed by atoms with Crippen LogP contribution in [-0.2, 0) is 0 Å². The summed E-state index contributed by atoms with van der Waals surface area (Å²) in [6.07, 6.45) is 0. The fourth-order valence-corrected chi connectivity index (χ4v) is 2.17. The fourth-order valence-electron chi connectivity index (χ4n) is 1.32. The molecule has 2 aromatic rings. The van der Waals surface area contributed by atoms with Crippen molar-refractivity contribution in [2.75, 3.05) is 7.11 Å². The first-order valence-electron chi connectivity index (χ1n) is 3.91. The summed E-state index contributed by atoms with van der Waals surface area (Å²) in [5.41, 5.74) is 0.0248. The summed E-state index contributed by atoms with van der Waals surface area (Å²) in [6.45, 7) is 0. The van der Waals surface area contributed by atoms with E-state index in [0.29, 0.717) is 15.8 Å². The highest BCUT2D eigenvalue weighted by atomic mass is 32.1. The van der Waals surface area contributed by atoms with Crippen molar-refractivity contribution >= 4 is 21.4 Å². The molecule has 0 spiro atoms. The quantitative estimate of drug-likeness (QED) is 0.720. The molecule has 0 amide bonds. The van der Waals surface area contributed by atoms with Gasteiger partial charge in [-0.3, -0.25) is 0 Å². The van der Waals surface area contributed by atoms with Crippen LogP contribution in [0.15, 0.2) is 17.5 Å². The fraction of sp³-hybridized carbons (Fsp3) is 0.100. The third-order valence-electron chi connectivity index (χ3n) is 1.98. The highest BCUT2D eigenvalue weighted by molar-refractivity contribution is 7.17. The molecular formula is C10H6FNOS. The van der Waals surface area contributed by atoms with Gasteiger partial charge in [0.2, 0.25) is 0 Å². The van der Waals surface area contributed by atoms with Crippen molar-refractivity contribution in [3.05, 3.63) is 28.9 Å². The first kappa shape index (κ1) is 8.97. The van der Waals surface area contributed by atoms with Crippen molar-refractivity contribution in [2.45, 2.75) is 0 Å². The van der Waals surface area contributed by atoms with Crippen molar-refractivity contribution in [3.63, 3.8) is 0 Å². The van der Waals surface area contributed by atoms with Crippen LogP contribution in [0, 0.1) is 17.1 Å². The molecule has 0 unspecified atom stereocenters. The number of hydrogen-bond acceptors (Lipinski definition) is 3. The van der Waals surface area contributed by atoms with Crippen LogP contribution in [-0.4, -0.2) is 7.11 Å². The Labute approximate surface area is 84.2 Å². The van der Waals surface area contributed by atoms with Gasteiger partial charge in [0.15, 0.2) is 5.82 Å². The van der Waals surface area contributed by atoms with Gasteiger partial charge in [0, 0.05) is 11.5 Å². The van der Waals surface area contributed by atoms with Crippen molar-refractivity contribution in [1.82, 2.24) is 0 Å². The van der Waals surface area contributed by atoms with Gasteiger partial charge in [0.1, 0.15) is 11.8 Å². The van der Waals surface area contributed by atoms with Crippen molar-refractivity contribution in [2.24, 2.45) is 0 Å². The van der Waals surface area contributed by atoms with Gasteiger partial charge >= 0.3 is 0 Å². The van der Waals surface area contributed by atoms with E-state index in [2.05, 4.69) is 0 Å². The first-order chi connectivity index (χ1) is 6.77. The number of hydrogen-bond donors (Lipinski definition) is 0. The lowest BCUT2D eigenvalue weighted by Crippen LogP contribution is -1.89. The molecule has 70 valence electrons. The van der Waals surface area contributed by atoms with E-state index in [-0.39, 0.29) is 5.56 Å². The maximum Gasteiger partial charge on any atom is 0.158 e. The van der Waals surface area contributed by atoms with Crippen LogP contribution in [0.25, 0.3) is 10.1 Å². The number of nitrogens with zero attached hydrogens (tertiary/aromatic N) is 1. The van der Waals surface area contributed by atoms with E-state index >= 15 is 0 Å². The zero-order valence-corrected chi connectivity index (χ0v) is 8.19. The SMILES string of the molecule is COc1cc(C#N)c(F)c2sccc12. The molecule has 1 aromatic carbocycles. The molecule has 14 heavy (non-hydrogen) atoms. The Hall–Kier alpha value is -1.60. The van der Waals surface area contributed by atoms with Crippen LogP contribution in [0.5, 0.6) is 5.75 Å². The highest BCUT2D eigenvalue weighted by Crippen LogP contribution is 2.33. The zero-order valence-electron chi connectivity index (χ0n) is 7.37. The molecular weight excluding hydrogens is 201 g/mol. The second-order valence-electron chi connectivity index (χ2n) is 2.72. The zero-order chi connectivity index (χ0) is 10.1. The predicted octanol–water partition coefficient (Wildman–Crippen LogP) is 2.92. The normalized spacial score (nSPS) is 10.1. The molecule has 0 saturated heterocycles. The second-order valence-corrected chi connectivity index (χ2v) is 3.63. The highest BCUT2D eigenvalue weighted by Gasteiger charge is 2.12. The van der Waals surface area contributed by atoms with Gasteiger partial charge in [-0.2, -0.15) is 5.26 Å². The third-order valence-corrected chi connectivity index (χ3v) is 2.89. The molecule has 0 atom stereocenters. The van der Waals surface area contributed by atoms with E-state index < -0.39 is 5.82 Å². The Bertz CT molecular complexity index is 527. The summed E-state index contributed by atoms with van der Waals surface area (Å²) >= 11 is 1.27. The lowest BCUT2D eigenvalue weighted by molar-refractivity contribution is 0.419. The second kappa shape index (κ2) is 3.28. The Morgan fingerprint density at radius 3 is 3.00 bits per heavy atom. The summed E-state index contributed by atoms with van der Waals surface area (Å²) in [6, 6.07) is 5.01. The molecule has 0 N–H and O–H groups in total. The molecule has 0 bridgehead atoms. The van der Waals surface area contributed by atoms with Crippen LogP contribution in [0.1, 0.15) is 5.56 Å². The standard InChI is InChI=1S/C10H6FNOS/c1-13-8-4-6(5-12)9(11)10-7(8)2-3-14-10/h2-4H,1H3. The molecule has 0 radical (unpaired) electrons. The molecule has 0 aliphatic rings. The molecule has 0 saturated carbocycles. The van der Waals surface area contributed by atoms with Crippen molar-refractivity contribution in [3.8, 4) is 11.8 Å². The summed E-state index contributed by atoms with van der Waals surface area (Å²) in [4.78, 5) is 0. The molecule has 2 nitrogen and oxygen atoms in total.